The molecule has 0 bridgehead atoms. The van der Waals surface area contributed by atoms with Gasteiger partial charge in [0.1, 0.15) is 0 Å². The van der Waals surface area contributed by atoms with Crippen LogP contribution in [0.3, 0.4) is 0 Å². The second-order valence-corrected chi connectivity index (χ2v) is 6.99. The molecule has 1 aliphatic heterocycles. The molecule has 26 heavy (non-hydrogen) atoms. The Bertz CT molecular complexity index is 764. The lowest BCUT2D eigenvalue weighted by molar-refractivity contribution is -0.128. The Morgan fingerprint density at radius 3 is 2.58 bits per heavy atom. The molecular weight excluding hydrogens is 348 g/mol. The fraction of sp³-hybridized carbons (Fsp3) is 0.333. The molecule has 2 aromatic carbocycles. The average molecular weight is 371 g/mol. The topological polar surface area (TPSA) is 49.4 Å². The number of amides is 2. The molecular formula is C21H23ClN2O2. The van der Waals surface area contributed by atoms with E-state index in [-0.39, 0.29) is 17.7 Å². The van der Waals surface area contributed by atoms with Gasteiger partial charge in [-0.3, -0.25) is 9.59 Å². The number of hydrogen-bond donors (Lipinski definition) is 1. The molecule has 1 atom stereocenters. The van der Waals surface area contributed by atoms with Crippen molar-refractivity contribution >= 4 is 23.4 Å². The third-order valence-electron chi connectivity index (χ3n) is 4.72. The van der Waals surface area contributed by atoms with E-state index in [1.807, 2.05) is 59.5 Å². The van der Waals surface area contributed by atoms with Crippen molar-refractivity contribution in [3.63, 3.8) is 0 Å². The minimum absolute atomic E-state index is 0.0227. The highest BCUT2D eigenvalue weighted by atomic mass is 35.5. The van der Waals surface area contributed by atoms with Gasteiger partial charge in [0.2, 0.25) is 11.8 Å². The van der Waals surface area contributed by atoms with Crippen LogP contribution in [-0.4, -0.2) is 36.3 Å². The van der Waals surface area contributed by atoms with Gasteiger partial charge >= 0.3 is 0 Å². The van der Waals surface area contributed by atoms with Crippen LogP contribution < -0.4 is 5.32 Å². The molecule has 136 valence electrons. The maximum atomic E-state index is 12.5. The van der Waals surface area contributed by atoms with E-state index in [2.05, 4.69) is 5.32 Å². The maximum absolute atomic E-state index is 12.5. The summed E-state index contributed by atoms with van der Waals surface area (Å²) in [6.45, 7) is 1.86. The number of halogens is 1. The number of nitrogens with one attached hydrogen (secondary N) is 1. The first-order chi connectivity index (χ1) is 12.6. The van der Waals surface area contributed by atoms with Crippen LogP contribution in [0.1, 0.15) is 36.3 Å². The van der Waals surface area contributed by atoms with Crippen LogP contribution >= 0.6 is 11.6 Å². The molecule has 5 heteroatoms. The van der Waals surface area contributed by atoms with Gasteiger partial charge in [-0.25, -0.2) is 0 Å². The van der Waals surface area contributed by atoms with E-state index in [1.165, 1.54) is 0 Å². The molecule has 3 rings (SSSR count). The Morgan fingerprint density at radius 2 is 1.88 bits per heavy atom. The Hall–Kier alpha value is -2.33. The summed E-state index contributed by atoms with van der Waals surface area (Å²) in [7, 11) is 0. The number of hydrogen-bond acceptors (Lipinski definition) is 2. The van der Waals surface area contributed by atoms with Crippen LogP contribution in [0.25, 0.3) is 0 Å². The van der Waals surface area contributed by atoms with Gasteiger partial charge in [-0.15, -0.1) is 0 Å². The van der Waals surface area contributed by atoms with E-state index in [0.29, 0.717) is 31.0 Å². The van der Waals surface area contributed by atoms with Gasteiger partial charge < -0.3 is 10.2 Å². The van der Waals surface area contributed by atoms with E-state index in [0.717, 1.165) is 24.1 Å². The van der Waals surface area contributed by atoms with Crippen molar-refractivity contribution in [1.29, 1.82) is 0 Å². The maximum Gasteiger partial charge on any atom is 0.222 e. The molecule has 0 radical (unpaired) electrons. The molecule has 0 spiro atoms. The Balaban J connectivity index is 1.64. The third kappa shape index (κ3) is 4.85. The van der Waals surface area contributed by atoms with Crippen LogP contribution in [-0.2, 0) is 9.59 Å². The summed E-state index contributed by atoms with van der Waals surface area (Å²) in [6.07, 6.45) is 1.88. The van der Waals surface area contributed by atoms with Crippen molar-refractivity contribution in [2.24, 2.45) is 0 Å². The van der Waals surface area contributed by atoms with Crippen LogP contribution in [0.2, 0.25) is 5.02 Å². The van der Waals surface area contributed by atoms with E-state index in [9.17, 15) is 9.59 Å². The first-order valence-corrected chi connectivity index (χ1v) is 9.36. The number of rotatable bonds is 7. The van der Waals surface area contributed by atoms with Crippen molar-refractivity contribution in [1.82, 2.24) is 10.2 Å². The zero-order valence-corrected chi connectivity index (χ0v) is 15.4. The zero-order valence-electron chi connectivity index (χ0n) is 14.7. The summed E-state index contributed by atoms with van der Waals surface area (Å²) in [4.78, 5) is 25.9. The molecule has 0 saturated carbocycles. The monoisotopic (exact) mass is 370 g/mol. The quantitative estimate of drug-likeness (QED) is 0.809. The van der Waals surface area contributed by atoms with Crippen molar-refractivity contribution < 1.29 is 9.59 Å². The van der Waals surface area contributed by atoms with Crippen molar-refractivity contribution in [3.05, 3.63) is 70.7 Å². The highest BCUT2D eigenvalue weighted by Gasteiger charge is 2.21. The van der Waals surface area contributed by atoms with Gasteiger partial charge in [-0.1, -0.05) is 54.1 Å². The lowest BCUT2D eigenvalue weighted by Crippen LogP contribution is -2.36. The van der Waals surface area contributed by atoms with Gasteiger partial charge in [0, 0.05) is 43.4 Å². The minimum Gasteiger partial charge on any atom is -0.354 e. The average Bonchev–Trinajstić information content (AvgIpc) is 3.05. The predicted octanol–water partition coefficient (Wildman–Crippen LogP) is 3.60. The smallest absolute Gasteiger partial charge is 0.222 e. The van der Waals surface area contributed by atoms with Gasteiger partial charge in [0.05, 0.1) is 0 Å². The minimum atomic E-state index is -0.0525. The van der Waals surface area contributed by atoms with Crippen LogP contribution in [0.4, 0.5) is 0 Å². The summed E-state index contributed by atoms with van der Waals surface area (Å²) in [5, 5.41) is 3.61. The van der Waals surface area contributed by atoms with Crippen LogP contribution in [0.15, 0.2) is 54.6 Å². The number of nitrogens with zero attached hydrogens (tertiary/aromatic N) is 1. The fourth-order valence-corrected chi connectivity index (χ4v) is 3.56. The van der Waals surface area contributed by atoms with Gasteiger partial charge in [-0.2, -0.15) is 0 Å². The van der Waals surface area contributed by atoms with Gasteiger partial charge in [0.15, 0.2) is 0 Å². The molecule has 0 unspecified atom stereocenters. The largest absolute Gasteiger partial charge is 0.354 e. The molecule has 1 saturated heterocycles. The Morgan fingerprint density at radius 1 is 1.12 bits per heavy atom. The molecule has 1 fully saturated rings. The predicted molar refractivity (Wildman–Crippen MR) is 103 cm³/mol. The first-order valence-electron chi connectivity index (χ1n) is 8.98. The number of benzene rings is 2. The molecule has 0 aliphatic carbocycles. The van der Waals surface area contributed by atoms with E-state index < -0.39 is 0 Å². The second-order valence-electron chi connectivity index (χ2n) is 6.56. The first kappa shape index (κ1) is 18.5. The van der Waals surface area contributed by atoms with Crippen LogP contribution in [0.5, 0.6) is 0 Å². The van der Waals surface area contributed by atoms with E-state index in [4.69, 9.17) is 11.6 Å². The van der Waals surface area contributed by atoms with Crippen molar-refractivity contribution in [2.45, 2.75) is 25.2 Å². The normalized spacial score (nSPS) is 15.1. The Labute approximate surface area is 159 Å². The van der Waals surface area contributed by atoms with Crippen LogP contribution in [0, 0.1) is 0 Å². The lowest BCUT2D eigenvalue weighted by Gasteiger charge is -2.19. The molecule has 1 heterocycles. The summed E-state index contributed by atoms with van der Waals surface area (Å²) in [6, 6.07) is 17.6. The molecule has 0 aromatic heterocycles. The van der Waals surface area contributed by atoms with E-state index >= 15 is 0 Å². The Kier molecular flexibility index (Phi) is 6.29. The summed E-state index contributed by atoms with van der Waals surface area (Å²) in [5.74, 6) is 0.106. The van der Waals surface area contributed by atoms with Gasteiger partial charge in [0.25, 0.3) is 0 Å². The highest BCUT2D eigenvalue weighted by molar-refractivity contribution is 6.30. The molecule has 2 amide bonds. The number of carbonyl (C=O) groups excluding carboxylic acids is 2. The summed E-state index contributed by atoms with van der Waals surface area (Å²) >= 11 is 6.14. The molecule has 2 aromatic rings. The second kappa shape index (κ2) is 8.86. The molecule has 4 nitrogen and oxygen atoms in total. The lowest BCUT2D eigenvalue weighted by atomic mass is 9.88. The number of carbonyl (C=O) groups is 2. The van der Waals surface area contributed by atoms with E-state index in [1.54, 1.807) is 0 Å². The molecule has 1 aliphatic rings. The summed E-state index contributed by atoms with van der Waals surface area (Å²) < 4.78 is 0. The summed E-state index contributed by atoms with van der Waals surface area (Å²) in [5.41, 5.74) is 2.10. The van der Waals surface area contributed by atoms with Crippen molar-refractivity contribution in [2.75, 3.05) is 19.6 Å². The zero-order chi connectivity index (χ0) is 18.4. The molecule has 1 N–H and O–H groups in total. The van der Waals surface area contributed by atoms with Crippen molar-refractivity contribution in [3.8, 4) is 0 Å². The SMILES string of the molecule is O=C(C[C@H](c1ccccc1)c1cccc(Cl)c1)NCCN1CCCC1=O. The standard InChI is InChI=1S/C21H23ClN2O2/c22-18-9-4-8-17(14-18)19(16-6-2-1-3-7-16)15-20(25)23-11-13-24-12-5-10-21(24)26/h1-4,6-9,14,19H,5,10-13,15H2,(H,23,25)/t19-/m1/s1. The number of likely N-dealkylation sites (tertiary alicyclic amines) is 1. The van der Waals surface area contributed by atoms with Gasteiger partial charge in [-0.05, 0) is 29.7 Å². The highest BCUT2D eigenvalue weighted by Crippen LogP contribution is 2.29. The fourth-order valence-electron chi connectivity index (χ4n) is 3.37. The third-order valence-corrected chi connectivity index (χ3v) is 4.95.